The average molecular weight is 256 g/mol. The number of hydrogen-bond acceptors (Lipinski definition) is 3. The Bertz CT molecular complexity index is 99.7. The molecule has 10 heavy (non-hydrogen) atoms. The third kappa shape index (κ3) is 2.34. The van der Waals surface area contributed by atoms with Crippen LogP contribution in [-0.2, 0) is 4.74 Å². The lowest BCUT2D eigenvalue weighted by molar-refractivity contribution is 0.132. The van der Waals surface area contributed by atoms with Gasteiger partial charge in [0, 0.05) is 49.6 Å². The number of nitrogens with zero attached hydrogens (tertiary/aromatic N) is 1. The van der Waals surface area contributed by atoms with Gasteiger partial charge in [-0.2, -0.15) is 0 Å². The Labute approximate surface area is 75.6 Å². The summed E-state index contributed by atoms with van der Waals surface area (Å²) in [6.07, 6.45) is 0. The predicted octanol–water partition coefficient (Wildman–Crippen LogP) is 0.257. The average Bonchev–Trinajstić information content (AvgIpc) is 1.94. The summed E-state index contributed by atoms with van der Waals surface area (Å²) in [6, 6.07) is 0.555. The van der Waals surface area contributed by atoms with E-state index < -0.39 is 0 Å². The van der Waals surface area contributed by atoms with E-state index in [0.29, 0.717) is 6.04 Å². The molecular weight excluding hydrogens is 243 g/mol. The smallest absolute Gasteiger partial charge is 0.0638 e. The van der Waals surface area contributed by atoms with E-state index >= 15 is 0 Å². The third-order valence-corrected chi connectivity index (χ3v) is 2.91. The Kier molecular flexibility index (Phi) is 3.90. The molecule has 1 atom stereocenters. The molecule has 1 aliphatic rings. The molecule has 3 nitrogen and oxygen atoms in total. The van der Waals surface area contributed by atoms with Crippen LogP contribution in [0.5, 0.6) is 0 Å². The molecule has 0 radical (unpaired) electrons. The lowest BCUT2D eigenvalue weighted by Crippen LogP contribution is -2.48. The van der Waals surface area contributed by atoms with Crippen LogP contribution in [0.15, 0.2) is 0 Å². The molecule has 0 aromatic rings. The minimum absolute atomic E-state index is 0.555. The SMILES string of the molecule is COCC1CNCCN1I. The molecule has 0 aliphatic carbocycles. The lowest BCUT2D eigenvalue weighted by atomic mass is 10.2. The summed E-state index contributed by atoms with van der Waals surface area (Å²) in [6.45, 7) is 4.10. The first-order valence-electron chi connectivity index (χ1n) is 3.46. The Morgan fingerprint density at radius 2 is 2.60 bits per heavy atom. The van der Waals surface area contributed by atoms with E-state index in [0.717, 1.165) is 26.2 Å². The molecule has 1 rings (SSSR count). The summed E-state index contributed by atoms with van der Waals surface area (Å²) < 4.78 is 7.37. The molecule has 0 bridgehead atoms. The molecule has 4 heteroatoms. The van der Waals surface area contributed by atoms with Gasteiger partial charge in [-0.05, 0) is 0 Å². The topological polar surface area (TPSA) is 24.5 Å². The number of halogens is 1. The molecule has 60 valence electrons. The summed E-state index contributed by atoms with van der Waals surface area (Å²) in [5.74, 6) is 0. The standard InChI is InChI=1S/C6H13IN2O/c1-10-5-6-4-8-2-3-9(6)7/h6,8H,2-5H2,1H3. The fourth-order valence-corrected chi connectivity index (χ4v) is 1.67. The van der Waals surface area contributed by atoms with Crippen molar-refractivity contribution in [2.45, 2.75) is 6.04 Å². The summed E-state index contributed by atoms with van der Waals surface area (Å²) in [5, 5.41) is 3.32. The van der Waals surface area contributed by atoms with Gasteiger partial charge in [0.15, 0.2) is 0 Å². The van der Waals surface area contributed by atoms with Gasteiger partial charge in [0.1, 0.15) is 0 Å². The predicted molar refractivity (Wildman–Crippen MR) is 49.3 cm³/mol. The van der Waals surface area contributed by atoms with Crippen LogP contribution < -0.4 is 5.32 Å². The van der Waals surface area contributed by atoms with Gasteiger partial charge in [-0.1, -0.05) is 0 Å². The first kappa shape index (κ1) is 8.70. The highest BCUT2D eigenvalue weighted by Gasteiger charge is 2.18. The van der Waals surface area contributed by atoms with Crippen molar-refractivity contribution in [1.82, 2.24) is 8.43 Å². The Morgan fingerprint density at radius 3 is 3.20 bits per heavy atom. The van der Waals surface area contributed by atoms with Gasteiger partial charge in [0.2, 0.25) is 0 Å². The maximum Gasteiger partial charge on any atom is 0.0638 e. The van der Waals surface area contributed by atoms with Crippen LogP contribution >= 0.6 is 22.9 Å². The van der Waals surface area contributed by atoms with Crippen molar-refractivity contribution in [3.63, 3.8) is 0 Å². The fourth-order valence-electron chi connectivity index (χ4n) is 1.07. The largest absolute Gasteiger partial charge is 0.383 e. The van der Waals surface area contributed by atoms with Crippen LogP contribution in [0.1, 0.15) is 0 Å². The van der Waals surface area contributed by atoms with E-state index in [1.165, 1.54) is 0 Å². The van der Waals surface area contributed by atoms with Crippen LogP contribution in [0.4, 0.5) is 0 Å². The van der Waals surface area contributed by atoms with Gasteiger partial charge in [-0.15, -0.1) is 0 Å². The number of hydrogen-bond donors (Lipinski definition) is 1. The van der Waals surface area contributed by atoms with Crippen LogP contribution in [0, 0.1) is 0 Å². The minimum Gasteiger partial charge on any atom is -0.383 e. The van der Waals surface area contributed by atoms with Crippen LogP contribution in [0.2, 0.25) is 0 Å². The van der Waals surface area contributed by atoms with Gasteiger partial charge in [0.25, 0.3) is 0 Å². The summed E-state index contributed by atoms with van der Waals surface area (Å²) in [7, 11) is 1.75. The zero-order valence-corrected chi connectivity index (χ0v) is 8.30. The summed E-state index contributed by atoms with van der Waals surface area (Å²) >= 11 is 2.36. The first-order chi connectivity index (χ1) is 4.84. The van der Waals surface area contributed by atoms with Crippen LogP contribution in [0.3, 0.4) is 0 Å². The van der Waals surface area contributed by atoms with Crippen LogP contribution in [0.25, 0.3) is 0 Å². The fraction of sp³-hybridized carbons (Fsp3) is 1.00. The van der Waals surface area contributed by atoms with E-state index in [2.05, 4.69) is 31.3 Å². The zero-order valence-electron chi connectivity index (χ0n) is 6.14. The monoisotopic (exact) mass is 256 g/mol. The molecular formula is C6H13IN2O. The molecule has 0 spiro atoms. The highest BCUT2D eigenvalue weighted by Crippen LogP contribution is 2.08. The summed E-state index contributed by atoms with van der Waals surface area (Å²) in [4.78, 5) is 0. The van der Waals surface area contributed by atoms with Gasteiger partial charge in [0.05, 0.1) is 12.6 Å². The number of ether oxygens (including phenoxy) is 1. The molecule has 1 aliphatic heterocycles. The molecule has 0 amide bonds. The molecule has 1 heterocycles. The molecule has 0 aromatic carbocycles. The molecule has 1 N–H and O–H groups in total. The molecule has 0 saturated carbocycles. The molecule has 1 fully saturated rings. The molecule has 1 unspecified atom stereocenters. The maximum atomic E-state index is 5.07. The van der Waals surface area contributed by atoms with E-state index in [1.54, 1.807) is 7.11 Å². The maximum absolute atomic E-state index is 5.07. The van der Waals surface area contributed by atoms with Crippen molar-refractivity contribution in [2.75, 3.05) is 33.4 Å². The Hall–Kier alpha value is 0.610. The van der Waals surface area contributed by atoms with Crippen LogP contribution in [-0.4, -0.2) is 42.5 Å². The number of rotatable bonds is 2. The lowest BCUT2D eigenvalue weighted by Gasteiger charge is -2.30. The van der Waals surface area contributed by atoms with E-state index in [4.69, 9.17) is 4.74 Å². The van der Waals surface area contributed by atoms with E-state index in [-0.39, 0.29) is 0 Å². The molecule has 1 saturated heterocycles. The van der Waals surface area contributed by atoms with Gasteiger partial charge < -0.3 is 10.1 Å². The van der Waals surface area contributed by atoms with Gasteiger partial charge >= 0.3 is 0 Å². The Balaban J connectivity index is 2.25. The second kappa shape index (κ2) is 4.48. The van der Waals surface area contributed by atoms with Gasteiger partial charge in [-0.3, -0.25) is 0 Å². The third-order valence-electron chi connectivity index (χ3n) is 1.64. The van der Waals surface area contributed by atoms with Crippen molar-refractivity contribution in [1.29, 1.82) is 0 Å². The van der Waals surface area contributed by atoms with Gasteiger partial charge in [-0.25, -0.2) is 3.11 Å². The van der Waals surface area contributed by atoms with E-state index in [9.17, 15) is 0 Å². The van der Waals surface area contributed by atoms with Crippen molar-refractivity contribution in [2.24, 2.45) is 0 Å². The molecule has 0 aromatic heterocycles. The van der Waals surface area contributed by atoms with Crippen molar-refractivity contribution >= 4 is 22.9 Å². The van der Waals surface area contributed by atoms with Crippen molar-refractivity contribution in [3.05, 3.63) is 0 Å². The second-order valence-corrected chi connectivity index (χ2v) is 3.68. The Morgan fingerprint density at radius 1 is 1.80 bits per heavy atom. The highest BCUT2D eigenvalue weighted by molar-refractivity contribution is 14.1. The second-order valence-electron chi connectivity index (χ2n) is 2.44. The number of nitrogens with one attached hydrogen (secondary N) is 1. The quantitative estimate of drug-likeness (QED) is 0.566. The van der Waals surface area contributed by atoms with E-state index in [1.807, 2.05) is 0 Å². The normalized spacial score (nSPS) is 28.8. The zero-order chi connectivity index (χ0) is 7.40. The minimum atomic E-state index is 0.555. The highest BCUT2D eigenvalue weighted by atomic mass is 127. The van der Waals surface area contributed by atoms with Crippen molar-refractivity contribution in [3.8, 4) is 0 Å². The number of piperazine rings is 1. The number of methoxy groups -OCH3 is 1. The first-order valence-corrected chi connectivity index (χ1v) is 4.43. The summed E-state index contributed by atoms with van der Waals surface area (Å²) in [5.41, 5.74) is 0. The van der Waals surface area contributed by atoms with Crippen molar-refractivity contribution < 1.29 is 4.74 Å².